The van der Waals surface area contributed by atoms with Crippen molar-refractivity contribution in [3.8, 4) is 50.2 Å². The van der Waals surface area contributed by atoms with Crippen molar-refractivity contribution in [1.29, 1.82) is 0 Å². The quantitative estimate of drug-likeness (QED) is 0.156. The molecule has 0 unspecified atom stereocenters. The third-order valence-corrected chi connectivity index (χ3v) is 13.4. The summed E-state index contributed by atoms with van der Waals surface area (Å²) in [6, 6.07) is 84.6. The van der Waals surface area contributed by atoms with Crippen LogP contribution in [0.25, 0.3) is 82.8 Å². The van der Waals surface area contributed by atoms with Crippen LogP contribution in [0.2, 0.25) is 0 Å². The smallest absolute Gasteiger partial charge is 0.0541 e. The van der Waals surface area contributed by atoms with E-state index in [2.05, 4.69) is 254 Å². The number of para-hydroxylation sites is 3. The Balaban J connectivity index is 0.929. The van der Waals surface area contributed by atoms with E-state index in [1.54, 1.807) is 0 Å². The zero-order valence-electron chi connectivity index (χ0n) is 35.3. The van der Waals surface area contributed by atoms with Crippen molar-refractivity contribution in [3.05, 3.63) is 242 Å². The third kappa shape index (κ3) is 6.09. The van der Waals surface area contributed by atoms with Crippen LogP contribution in [0.15, 0.2) is 231 Å². The Kier molecular flexibility index (Phi) is 8.55. The number of benzene rings is 10. The van der Waals surface area contributed by atoms with E-state index in [-0.39, 0.29) is 5.41 Å². The summed E-state index contributed by atoms with van der Waals surface area (Å²) >= 11 is 0. The molecule has 0 saturated heterocycles. The summed E-state index contributed by atoms with van der Waals surface area (Å²) in [5.41, 5.74) is 19.4. The summed E-state index contributed by atoms with van der Waals surface area (Å²) in [6.45, 7) is 4.74. The van der Waals surface area contributed by atoms with E-state index in [1.807, 2.05) is 0 Å². The van der Waals surface area contributed by atoms with E-state index in [1.165, 1.54) is 88.2 Å². The molecule has 2 heteroatoms. The molecule has 63 heavy (non-hydrogen) atoms. The minimum Gasteiger partial charge on any atom is -0.310 e. The Bertz CT molecular complexity index is 3520. The van der Waals surface area contributed by atoms with Crippen LogP contribution in [-0.2, 0) is 5.41 Å². The van der Waals surface area contributed by atoms with Crippen molar-refractivity contribution in [2.75, 3.05) is 4.90 Å². The molecule has 298 valence electrons. The molecule has 11 aromatic rings. The van der Waals surface area contributed by atoms with Gasteiger partial charge in [0.15, 0.2) is 0 Å². The molecule has 0 spiro atoms. The molecule has 0 N–H and O–H groups in total. The average Bonchev–Trinajstić information content (AvgIpc) is 3.79. The molecule has 1 aliphatic rings. The van der Waals surface area contributed by atoms with Gasteiger partial charge in [-0.1, -0.05) is 172 Å². The van der Waals surface area contributed by atoms with Gasteiger partial charge in [0, 0.05) is 38.8 Å². The minimum absolute atomic E-state index is 0.161. The van der Waals surface area contributed by atoms with Crippen LogP contribution in [-0.4, -0.2) is 4.57 Å². The van der Waals surface area contributed by atoms with Crippen LogP contribution in [0.4, 0.5) is 17.1 Å². The van der Waals surface area contributed by atoms with E-state index in [0.717, 1.165) is 22.7 Å². The van der Waals surface area contributed by atoms with Crippen LogP contribution in [0.5, 0.6) is 0 Å². The second-order valence-corrected chi connectivity index (χ2v) is 17.4. The third-order valence-electron chi connectivity index (χ3n) is 13.4. The topological polar surface area (TPSA) is 8.17 Å². The fourth-order valence-corrected chi connectivity index (χ4v) is 10.2. The van der Waals surface area contributed by atoms with E-state index in [0.29, 0.717) is 0 Å². The molecule has 0 saturated carbocycles. The molecule has 0 atom stereocenters. The molecule has 1 aliphatic carbocycles. The maximum absolute atomic E-state index is 2.45. The maximum atomic E-state index is 2.45. The van der Waals surface area contributed by atoms with Crippen LogP contribution < -0.4 is 4.90 Å². The molecule has 2 nitrogen and oxygen atoms in total. The molecule has 10 aromatic carbocycles. The first kappa shape index (κ1) is 36.9. The van der Waals surface area contributed by atoms with Crippen molar-refractivity contribution in [3.63, 3.8) is 0 Å². The number of nitrogens with zero attached hydrogens (tertiary/aromatic N) is 2. The molecule has 0 amide bonds. The maximum Gasteiger partial charge on any atom is 0.0541 e. The second kappa shape index (κ2) is 14.6. The highest BCUT2D eigenvalue weighted by Crippen LogP contribution is 2.52. The summed E-state index contributed by atoms with van der Waals surface area (Å²) in [5.74, 6) is 0. The molecule has 1 aromatic heterocycles. The van der Waals surface area contributed by atoms with E-state index in [4.69, 9.17) is 0 Å². The number of hydrogen-bond donors (Lipinski definition) is 0. The average molecular weight is 805 g/mol. The fourth-order valence-electron chi connectivity index (χ4n) is 10.2. The lowest BCUT2D eigenvalue weighted by molar-refractivity contribution is 0.660. The van der Waals surface area contributed by atoms with Gasteiger partial charge in [0.2, 0.25) is 0 Å². The highest BCUT2D eigenvalue weighted by molar-refractivity contribution is 6.11. The minimum atomic E-state index is -0.161. The highest BCUT2D eigenvalue weighted by Gasteiger charge is 2.36. The lowest BCUT2D eigenvalue weighted by Gasteiger charge is -2.28. The van der Waals surface area contributed by atoms with Crippen LogP contribution >= 0.6 is 0 Å². The van der Waals surface area contributed by atoms with Gasteiger partial charge in [-0.05, 0) is 134 Å². The summed E-state index contributed by atoms with van der Waals surface area (Å²) in [4.78, 5) is 2.39. The SMILES string of the molecule is CC1(C)c2cc(-c3ccccc3)ccc2-c2ccc(N(c3ccccc3)c3ccc(-c4ccccc4-n4c5ccccc5c5cc(-c6ccc7ccccc7c6)ccc54)cc3)cc21. The van der Waals surface area contributed by atoms with Gasteiger partial charge in [-0.25, -0.2) is 0 Å². The number of aromatic nitrogens is 1. The molecular formula is C61H44N2. The first-order chi connectivity index (χ1) is 31.0. The Morgan fingerprint density at radius 1 is 0.333 bits per heavy atom. The highest BCUT2D eigenvalue weighted by atomic mass is 15.1. The summed E-state index contributed by atoms with van der Waals surface area (Å²) in [6.07, 6.45) is 0. The lowest BCUT2D eigenvalue weighted by Crippen LogP contribution is -2.16. The Morgan fingerprint density at radius 2 is 0.889 bits per heavy atom. The number of fused-ring (bicyclic) bond motifs is 7. The predicted molar refractivity (Wildman–Crippen MR) is 267 cm³/mol. The summed E-state index contributed by atoms with van der Waals surface area (Å²) < 4.78 is 2.45. The van der Waals surface area contributed by atoms with Crippen LogP contribution in [0.1, 0.15) is 25.0 Å². The van der Waals surface area contributed by atoms with E-state index in [9.17, 15) is 0 Å². The van der Waals surface area contributed by atoms with Gasteiger partial charge in [0.1, 0.15) is 0 Å². The van der Waals surface area contributed by atoms with E-state index < -0.39 is 0 Å². The Labute approximate surface area is 368 Å². The first-order valence-corrected chi connectivity index (χ1v) is 21.9. The van der Waals surface area contributed by atoms with Gasteiger partial charge in [-0.3, -0.25) is 0 Å². The lowest BCUT2D eigenvalue weighted by atomic mass is 9.81. The van der Waals surface area contributed by atoms with Crippen molar-refractivity contribution in [2.45, 2.75) is 19.3 Å². The van der Waals surface area contributed by atoms with Gasteiger partial charge in [0.05, 0.1) is 16.7 Å². The molecule has 0 radical (unpaired) electrons. The molecular weight excluding hydrogens is 761 g/mol. The van der Waals surface area contributed by atoms with Gasteiger partial charge in [0.25, 0.3) is 0 Å². The van der Waals surface area contributed by atoms with Crippen molar-refractivity contribution in [2.24, 2.45) is 0 Å². The molecule has 1 heterocycles. The number of anilines is 3. The number of rotatable bonds is 7. The first-order valence-electron chi connectivity index (χ1n) is 21.9. The van der Waals surface area contributed by atoms with E-state index >= 15 is 0 Å². The fraction of sp³-hybridized carbons (Fsp3) is 0.0492. The van der Waals surface area contributed by atoms with Gasteiger partial charge in [-0.2, -0.15) is 0 Å². The zero-order valence-corrected chi connectivity index (χ0v) is 35.3. The molecule has 0 fully saturated rings. The van der Waals surface area contributed by atoms with Crippen molar-refractivity contribution >= 4 is 49.6 Å². The van der Waals surface area contributed by atoms with Gasteiger partial charge in [-0.15, -0.1) is 0 Å². The zero-order chi connectivity index (χ0) is 42.1. The molecule has 0 aliphatic heterocycles. The summed E-state index contributed by atoms with van der Waals surface area (Å²) in [5, 5.41) is 5.01. The predicted octanol–water partition coefficient (Wildman–Crippen LogP) is 16.7. The van der Waals surface area contributed by atoms with Crippen molar-refractivity contribution in [1.82, 2.24) is 4.57 Å². The Morgan fingerprint density at radius 3 is 1.71 bits per heavy atom. The molecule has 0 bridgehead atoms. The standard InChI is InChI=1S/C61H44N2/c1-61(2)56-39-47(41-15-5-3-6-16-41)29-34-52(56)53-35-33-50(40-57(53)61)62(48-19-7-4-8-20-48)49-31-27-43(28-32-49)51-21-11-13-23-58(51)63-59-24-14-12-22-54(59)55-38-46(30-36-60(55)63)45-26-25-42-17-9-10-18-44(42)37-45/h3-40H,1-2H3. The normalized spacial score (nSPS) is 12.7. The van der Waals surface area contributed by atoms with Crippen LogP contribution in [0.3, 0.4) is 0 Å². The summed E-state index contributed by atoms with van der Waals surface area (Å²) in [7, 11) is 0. The monoisotopic (exact) mass is 804 g/mol. The second-order valence-electron chi connectivity index (χ2n) is 17.4. The van der Waals surface area contributed by atoms with Gasteiger partial charge < -0.3 is 9.47 Å². The van der Waals surface area contributed by atoms with Crippen molar-refractivity contribution < 1.29 is 0 Å². The Hall–Kier alpha value is -7.94. The molecule has 12 rings (SSSR count). The number of hydrogen-bond acceptors (Lipinski definition) is 1. The van der Waals surface area contributed by atoms with Gasteiger partial charge >= 0.3 is 0 Å². The largest absolute Gasteiger partial charge is 0.310 e. The van der Waals surface area contributed by atoms with Crippen LogP contribution in [0, 0.1) is 0 Å².